The molecule has 0 saturated heterocycles. The number of ether oxygens (including phenoxy) is 1. The third-order valence-corrected chi connectivity index (χ3v) is 6.95. The van der Waals surface area contributed by atoms with Crippen LogP contribution >= 0.6 is 0 Å². The van der Waals surface area contributed by atoms with Gasteiger partial charge in [0, 0.05) is 23.6 Å². The summed E-state index contributed by atoms with van der Waals surface area (Å²) in [7, 11) is 0. The molecule has 38 heavy (non-hydrogen) atoms. The van der Waals surface area contributed by atoms with Gasteiger partial charge in [0.15, 0.2) is 5.82 Å². The number of benzene rings is 1. The van der Waals surface area contributed by atoms with Crippen LogP contribution in [0.3, 0.4) is 0 Å². The summed E-state index contributed by atoms with van der Waals surface area (Å²) in [5.41, 5.74) is 2.87. The van der Waals surface area contributed by atoms with Crippen LogP contribution in [0.4, 0.5) is 16.5 Å². The molecule has 0 radical (unpaired) electrons. The number of anilines is 2. The molecule has 0 aliphatic heterocycles. The summed E-state index contributed by atoms with van der Waals surface area (Å²) in [4.78, 5) is 25.0. The molecule has 2 fully saturated rings. The van der Waals surface area contributed by atoms with Gasteiger partial charge in [-0.1, -0.05) is 29.4 Å². The Morgan fingerprint density at radius 2 is 1.95 bits per heavy atom. The number of amides is 2. The Labute approximate surface area is 221 Å². The van der Waals surface area contributed by atoms with Gasteiger partial charge in [0.25, 0.3) is 0 Å². The highest BCUT2D eigenvalue weighted by Crippen LogP contribution is 2.74. The zero-order chi connectivity index (χ0) is 27.2. The van der Waals surface area contributed by atoms with Crippen LogP contribution in [0.1, 0.15) is 82.7 Å². The number of hydrogen-bond acceptors (Lipinski definition) is 7. The molecule has 2 saturated carbocycles. The molecule has 10 heteroatoms. The molecular weight excluding hydrogens is 484 g/mol. The van der Waals surface area contributed by atoms with Gasteiger partial charge in [0.1, 0.15) is 22.9 Å². The third-order valence-electron chi connectivity index (χ3n) is 6.95. The fraction of sp³-hybridized carbons (Fsp3) is 0.464. The largest absolute Gasteiger partial charge is 0.444 e. The predicted octanol–water partition coefficient (Wildman–Crippen LogP) is 5.79. The van der Waals surface area contributed by atoms with Gasteiger partial charge in [0.05, 0.1) is 12.1 Å². The number of nitrogens with zero attached hydrogens (tertiary/aromatic N) is 4. The van der Waals surface area contributed by atoms with Crippen molar-refractivity contribution in [2.45, 2.75) is 77.9 Å². The molecule has 2 aliphatic carbocycles. The number of carbonyl (C=O) groups is 2. The van der Waals surface area contributed by atoms with E-state index < -0.39 is 11.7 Å². The van der Waals surface area contributed by atoms with Crippen LogP contribution in [0.2, 0.25) is 0 Å². The molecule has 198 valence electrons. The Morgan fingerprint density at radius 1 is 1.24 bits per heavy atom. The van der Waals surface area contributed by atoms with Crippen molar-refractivity contribution in [1.82, 2.24) is 14.9 Å². The fourth-order valence-corrected chi connectivity index (χ4v) is 4.77. The lowest BCUT2D eigenvalue weighted by Gasteiger charge is -2.20. The smallest absolute Gasteiger partial charge is 0.413 e. The van der Waals surface area contributed by atoms with E-state index in [4.69, 9.17) is 9.26 Å². The minimum atomic E-state index is -0.684. The van der Waals surface area contributed by atoms with Gasteiger partial charge in [0.2, 0.25) is 11.8 Å². The monoisotopic (exact) mass is 516 g/mol. The summed E-state index contributed by atoms with van der Waals surface area (Å²) in [5, 5.41) is 24.1. The van der Waals surface area contributed by atoms with Gasteiger partial charge in [-0.15, -0.1) is 0 Å². The molecule has 5 rings (SSSR count). The Bertz CT molecular complexity index is 1420. The first-order valence-corrected chi connectivity index (χ1v) is 12.9. The van der Waals surface area contributed by atoms with Crippen LogP contribution in [0.25, 0.3) is 11.3 Å². The van der Waals surface area contributed by atoms with Gasteiger partial charge in [-0.3, -0.25) is 15.4 Å². The Hall–Kier alpha value is -4.13. The summed E-state index contributed by atoms with van der Waals surface area (Å²) in [5.74, 6) is 0.914. The SMILES string of the molecule is CC(C)n1nc(-c2ccc(CC(=O)Nc3cc(C4CC45CC5)no3)cc2)c(C#N)c1NC(=O)OC(C)(C)C. The highest BCUT2D eigenvalue weighted by molar-refractivity contribution is 5.91. The minimum absolute atomic E-state index is 0.116. The van der Waals surface area contributed by atoms with Gasteiger partial charge >= 0.3 is 6.09 Å². The van der Waals surface area contributed by atoms with E-state index in [1.165, 1.54) is 19.3 Å². The van der Waals surface area contributed by atoms with E-state index in [9.17, 15) is 14.9 Å². The number of rotatable bonds is 7. The number of hydrogen-bond donors (Lipinski definition) is 2. The fourth-order valence-electron chi connectivity index (χ4n) is 4.77. The Kier molecular flexibility index (Phi) is 6.25. The van der Waals surface area contributed by atoms with Crippen molar-refractivity contribution in [1.29, 1.82) is 5.26 Å². The molecule has 2 aliphatic rings. The van der Waals surface area contributed by atoms with Crippen LogP contribution in [0.15, 0.2) is 34.9 Å². The van der Waals surface area contributed by atoms with Crippen LogP contribution < -0.4 is 10.6 Å². The molecule has 0 bridgehead atoms. The van der Waals surface area contributed by atoms with Gasteiger partial charge in [-0.2, -0.15) is 10.4 Å². The average molecular weight is 517 g/mol. The molecule has 2 N–H and O–H groups in total. The quantitative estimate of drug-likeness (QED) is 0.406. The van der Waals surface area contributed by atoms with Crippen molar-refractivity contribution in [2.24, 2.45) is 5.41 Å². The van der Waals surface area contributed by atoms with Crippen molar-refractivity contribution in [3.05, 3.63) is 47.2 Å². The van der Waals surface area contributed by atoms with E-state index >= 15 is 0 Å². The number of carbonyl (C=O) groups excluding carboxylic acids is 2. The zero-order valence-electron chi connectivity index (χ0n) is 22.3. The molecule has 1 spiro atoms. The van der Waals surface area contributed by atoms with E-state index in [0.29, 0.717) is 28.5 Å². The van der Waals surface area contributed by atoms with Crippen molar-refractivity contribution in [3.8, 4) is 17.3 Å². The van der Waals surface area contributed by atoms with Crippen molar-refractivity contribution < 1.29 is 18.8 Å². The first kappa shape index (κ1) is 25.5. The first-order chi connectivity index (χ1) is 18.0. The topological polar surface area (TPSA) is 135 Å². The predicted molar refractivity (Wildman–Crippen MR) is 140 cm³/mol. The zero-order valence-corrected chi connectivity index (χ0v) is 22.3. The molecule has 2 heterocycles. The van der Waals surface area contributed by atoms with E-state index in [0.717, 1.165) is 11.3 Å². The van der Waals surface area contributed by atoms with Gasteiger partial charge < -0.3 is 9.26 Å². The van der Waals surface area contributed by atoms with Crippen LogP contribution in [-0.2, 0) is 16.0 Å². The van der Waals surface area contributed by atoms with Crippen molar-refractivity contribution in [2.75, 3.05) is 10.6 Å². The van der Waals surface area contributed by atoms with Crippen molar-refractivity contribution in [3.63, 3.8) is 0 Å². The molecule has 10 nitrogen and oxygen atoms in total. The molecule has 1 atom stereocenters. The van der Waals surface area contributed by atoms with Crippen LogP contribution in [0, 0.1) is 16.7 Å². The summed E-state index contributed by atoms with van der Waals surface area (Å²) in [6.07, 6.45) is 3.18. The maximum absolute atomic E-state index is 12.6. The lowest BCUT2D eigenvalue weighted by atomic mass is 10.0. The maximum Gasteiger partial charge on any atom is 0.413 e. The normalized spacial score (nSPS) is 17.2. The molecule has 2 aromatic heterocycles. The first-order valence-electron chi connectivity index (χ1n) is 12.9. The summed E-state index contributed by atoms with van der Waals surface area (Å²) < 4.78 is 12.3. The number of aromatic nitrogens is 3. The molecule has 1 unspecified atom stereocenters. The number of nitrogens with one attached hydrogen (secondary N) is 2. The van der Waals surface area contributed by atoms with E-state index in [1.807, 2.05) is 44.2 Å². The summed E-state index contributed by atoms with van der Waals surface area (Å²) in [6, 6.07) is 11.1. The second kappa shape index (κ2) is 9.31. The highest BCUT2D eigenvalue weighted by atomic mass is 16.6. The third kappa shape index (κ3) is 5.28. The maximum atomic E-state index is 12.6. The van der Waals surface area contributed by atoms with Gasteiger partial charge in [-0.05, 0) is 64.9 Å². The highest BCUT2D eigenvalue weighted by Gasteiger charge is 2.64. The Morgan fingerprint density at radius 3 is 2.53 bits per heavy atom. The molecule has 2 amide bonds. The van der Waals surface area contributed by atoms with Gasteiger partial charge in [-0.25, -0.2) is 9.48 Å². The van der Waals surface area contributed by atoms with Crippen LogP contribution in [-0.4, -0.2) is 32.5 Å². The minimum Gasteiger partial charge on any atom is -0.444 e. The summed E-state index contributed by atoms with van der Waals surface area (Å²) in [6.45, 7) is 9.12. The van der Waals surface area contributed by atoms with E-state index in [2.05, 4.69) is 27.0 Å². The lowest BCUT2D eigenvalue weighted by Crippen LogP contribution is -2.28. The van der Waals surface area contributed by atoms with Crippen molar-refractivity contribution >= 4 is 23.7 Å². The molecule has 3 aromatic rings. The second-order valence-corrected chi connectivity index (χ2v) is 11.5. The molecule has 1 aromatic carbocycles. The summed E-state index contributed by atoms with van der Waals surface area (Å²) >= 11 is 0. The average Bonchev–Trinajstić information content (AvgIpc) is 3.66. The van der Waals surface area contributed by atoms with E-state index in [1.54, 1.807) is 25.5 Å². The number of nitriles is 1. The molecular formula is C28H32N6O4. The second-order valence-electron chi connectivity index (χ2n) is 11.5. The van der Waals surface area contributed by atoms with Crippen LogP contribution in [0.5, 0.6) is 0 Å². The standard InChI is InChI=1S/C28H32N6O4/c1-16(2)34-25(31-26(36)37-27(3,4)5)19(15-29)24(32-34)18-8-6-17(7-9-18)12-22(35)30-23-13-21(33-38-23)20-14-28(20)10-11-28/h6-9,13,16,20H,10-12,14H2,1-5H3,(H,30,35)(H,31,36). The van der Waals surface area contributed by atoms with E-state index in [-0.39, 0.29) is 29.8 Å². The Balaban J connectivity index is 1.28. The lowest BCUT2D eigenvalue weighted by molar-refractivity contribution is -0.115.